The van der Waals surface area contributed by atoms with Crippen LogP contribution in [0.1, 0.15) is 43.7 Å². The van der Waals surface area contributed by atoms with Gasteiger partial charge in [0.05, 0.1) is 17.7 Å². The van der Waals surface area contributed by atoms with E-state index in [1.807, 2.05) is 31.2 Å². The Morgan fingerprint density at radius 2 is 1.65 bits per heavy atom. The molecule has 3 aromatic carbocycles. The number of aryl methyl sites for hydroxylation is 1. The minimum absolute atomic E-state index is 0.0581. The van der Waals surface area contributed by atoms with Crippen molar-refractivity contribution in [3.8, 4) is 5.75 Å². The van der Waals surface area contributed by atoms with E-state index < -0.39 is 28.5 Å². The van der Waals surface area contributed by atoms with Gasteiger partial charge in [-0.1, -0.05) is 66.9 Å². The average Bonchev–Trinajstić information content (AvgIpc) is 3.48. The molecule has 40 heavy (non-hydrogen) atoms. The van der Waals surface area contributed by atoms with Crippen LogP contribution < -0.4 is 14.4 Å². The summed E-state index contributed by atoms with van der Waals surface area (Å²) in [4.78, 5) is 28.8. The number of sulfonamides is 1. The first-order valence-electron chi connectivity index (χ1n) is 13.6. The molecule has 0 saturated heterocycles. The van der Waals surface area contributed by atoms with Crippen molar-refractivity contribution < 1.29 is 22.7 Å². The molecule has 0 aliphatic heterocycles. The van der Waals surface area contributed by atoms with Crippen LogP contribution in [0.3, 0.4) is 0 Å². The molecular formula is C31H37N3O5S. The van der Waals surface area contributed by atoms with Gasteiger partial charge in [-0.2, -0.15) is 0 Å². The van der Waals surface area contributed by atoms with E-state index in [2.05, 4.69) is 5.32 Å². The van der Waals surface area contributed by atoms with Crippen LogP contribution >= 0.6 is 0 Å². The zero-order valence-electron chi connectivity index (χ0n) is 23.2. The Kier molecular flexibility index (Phi) is 9.47. The third-order valence-electron chi connectivity index (χ3n) is 7.29. The monoisotopic (exact) mass is 563 g/mol. The number of rotatable bonds is 11. The quantitative estimate of drug-likeness (QED) is 0.366. The summed E-state index contributed by atoms with van der Waals surface area (Å²) in [6.07, 6.45) is 3.98. The maximum Gasteiger partial charge on any atom is 0.264 e. The van der Waals surface area contributed by atoms with Crippen molar-refractivity contribution in [2.24, 2.45) is 0 Å². The molecule has 2 amide bonds. The molecule has 9 heteroatoms. The molecule has 0 unspecified atom stereocenters. The fourth-order valence-corrected chi connectivity index (χ4v) is 6.31. The number of benzene rings is 3. The number of nitrogens with one attached hydrogen (secondary N) is 1. The van der Waals surface area contributed by atoms with E-state index in [1.54, 1.807) is 49.4 Å². The molecule has 0 heterocycles. The molecule has 0 radical (unpaired) electrons. The number of amides is 2. The number of hydrogen-bond donors (Lipinski definition) is 1. The summed E-state index contributed by atoms with van der Waals surface area (Å²) in [5.74, 6) is -0.276. The van der Waals surface area contributed by atoms with Crippen molar-refractivity contribution in [3.05, 3.63) is 90.0 Å². The zero-order chi connectivity index (χ0) is 28.7. The normalized spacial score (nSPS) is 14.4. The van der Waals surface area contributed by atoms with E-state index >= 15 is 0 Å². The molecule has 3 aromatic rings. The Morgan fingerprint density at radius 3 is 2.30 bits per heavy atom. The Balaban J connectivity index is 1.68. The number of carbonyl (C=O) groups is 2. The topological polar surface area (TPSA) is 96.0 Å². The molecule has 0 spiro atoms. The number of methoxy groups -OCH3 is 1. The minimum atomic E-state index is -4.12. The van der Waals surface area contributed by atoms with Crippen LogP contribution in [0.25, 0.3) is 0 Å². The van der Waals surface area contributed by atoms with Crippen molar-refractivity contribution in [3.63, 3.8) is 0 Å². The van der Waals surface area contributed by atoms with Crippen LogP contribution in [-0.2, 0) is 26.2 Å². The summed E-state index contributed by atoms with van der Waals surface area (Å²) < 4.78 is 34.1. The number of nitrogens with zero attached hydrogens (tertiary/aromatic N) is 2. The Morgan fingerprint density at radius 1 is 0.975 bits per heavy atom. The Bertz CT molecular complexity index is 1400. The molecule has 0 bridgehead atoms. The van der Waals surface area contributed by atoms with Crippen LogP contribution in [0.4, 0.5) is 5.69 Å². The fraction of sp³-hybridized carbons (Fsp3) is 0.355. The lowest BCUT2D eigenvalue weighted by atomic mass is 10.1. The van der Waals surface area contributed by atoms with E-state index in [0.29, 0.717) is 5.75 Å². The van der Waals surface area contributed by atoms with Crippen molar-refractivity contribution in [2.75, 3.05) is 18.0 Å². The Hall–Kier alpha value is -3.85. The van der Waals surface area contributed by atoms with Gasteiger partial charge in [0.1, 0.15) is 18.3 Å². The zero-order valence-corrected chi connectivity index (χ0v) is 24.1. The highest BCUT2D eigenvalue weighted by atomic mass is 32.2. The van der Waals surface area contributed by atoms with Crippen LogP contribution in [0.2, 0.25) is 0 Å². The van der Waals surface area contributed by atoms with Gasteiger partial charge in [-0.05, 0) is 56.5 Å². The number of carbonyl (C=O) groups excluding carboxylic acids is 2. The predicted molar refractivity (Wildman–Crippen MR) is 156 cm³/mol. The summed E-state index contributed by atoms with van der Waals surface area (Å²) in [7, 11) is -2.63. The predicted octanol–water partition coefficient (Wildman–Crippen LogP) is 4.68. The summed E-state index contributed by atoms with van der Waals surface area (Å²) in [6.45, 7) is 3.34. The second kappa shape index (κ2) is 13.0. The average molecular weight is 564 g/mol. The molecule has 4 rings (SSSR count). The summed E-state index contributed by atoms with van der Waals surface area (Å²) in [5, 5.41) is 3.08. The van der Waals surface area contributed by atoms with Gasteiger partial charge in [0.2, 0.25) is 11.8 Å². The van der Waals surface area contributed by atoms with Gasteiger partial charge in [-0.3, -0.25) is 13.9 Å². The van der Waals surface area contributed by atoms with Gasteiger partial charge >= 0.3 is 0 Å². The summed E-state index contributed by atoms with van der Waals surface area (Å²) in [6, 6.07) is 21.6. The summed E-state index contributed by atoms with van der Waals surface area (Å²) in [5.41, 5.74) is 2.21. The summed E-state index contributed by atoms with van der Waals surface area (Å²) >= 11 is 0. The van der Waals surface area contributed by atoms with Crippen LogP contribution in [-0.4, -0.2) is 50.9 Å². The van der Waals surface area contributed by atoms with Gasteiger partial charge in [0.25, 0.3) is 10.0 Å². The number of anilines is 1. The largest absolute Gasteiger partial charge is 0.497 e. The van der Waals surface area contributed by atoms with Crippen LogP contribution in [0.15, 0.2) is 83.8 Å². The maximum absolute atomic E-state index is 14.0. The van der Waals surface area contributed by atoms with E-state index in [0.717, 1.165) is 41.1 Å². The highest BCUT2D eigenvalue weighted by Crippen LogP contribution is 2.27. The highest BCUT2D eigenvalue weighted by molar-refractivity contribution is 7.92. The first kappa shape index (κ1) is 29.1. The lowest BCUT2D eigenvalue weighted by Gasteiger charge is -2.32. The molecular weight excluding hydrogens is 526 g/mol. The van der Waals surface area contributed by atoms with Crippen molar-refractivity contribution in [2.45, 2.75) is 63.1 Å². The SMILES string of the molecule is COc1cccc(N(CC(=O)N(Cc2ccc(C)cc2)[C@@H](C)C(=O)NC2CCCC2)S(=O)(=O)c2ccccc2)c1. The molecule has 0 aromatic heterocycles. The lowest BCUT2D eigenvalue weighted by Crippen LogP contribution is -2.52. The van der Waals surface area contributed by atoms with Crippen LogP contribution in [0.5, 0.6) is 5.75 Å². The number of ether oxygens (including phenoxy) is 1. The van der Waals surface area contributed by atoms with Gasteiger partial charge in [0, 0.05) is 18.7 Å². The number of hydrogen-bond acceptors (Lipinski definition) is 5. The van der Waals surface area contributed by atoms with E-state index in [1.165, 1.54) is 24.1 Å². The van der Waals surface area contributed by atoms with Crippen molar-refractivity contribution >= 4 is 27.5 Å². The first-order chi connectivity index (χ1) is 19.2. The first-order valence-corrected chi connectivity index (χ1v) is 15.0. The van der Waals surface area contributed by atoms with Gasteiger partial charge in [0.15, 0.2) is 0 Å². The Labute approximate surface area is 237 Å². The second-order valence-electron chi connectivity index (χ2n) is 10.2. The molecule has 1 fully saturated rings. The molecule has 1 aliphatic rings. The smallest absolute Gasteiger partial charge is 0.264 e. The van der Waals surface area contributed by atoms with Crippen molar-refractivity contribution in [1.29, 1.82) is 0 Å². The maximum atomic E-state index is 14.0. The second-order valence-corrected chi connectivity index (χ2v) is 12.1. The van der Waals surface area contributed by atoms with E-state index in [4.69, 9.17) is 4.74 Å². The standard InChI is InChI=1S/C31H37N3O5S/c1-23-16-18-25(19-17-23)21-33(24(2)31(36)32-26-10-7-8-11-26)30(35)22-34(27-12-9-13-28(20-27)39-3)40(37,38)29-14-5-4-6-15-29/h4-6,9,12-20,24,26H,7-8,10-11,21-22H2,1-3H3,(H,32,36)/t24-/m0/s1. The van der Waals surface area contributed by atoms with E-state index in [9.17, 15) is 18.0 Å². The molecule has 8 nitrogen and oxygen atoms in total. The molecule has 1 aliphatic carbocycles. The molecule has 1 N–H and O–H groups in total. The molecule has 1 atom stereocenters. The van der Waals surface area contributed by atoms with E-state index in [-0.39, 0.29) is 29.1 Å². The fourth-order valence-electron chi connectivity index (χ4n) is 4.88. The molecule has 212 valence electrons. The minimum Gasteiger partial charge on any atom is -0.497 e. The third-order valence-corrected chi connectivity index (χ3v) is 9.08. The van der Waals surface area contributed by atoms with Gasteiger partial charge in [-0.25, -0.2) is 8.42 Å². The lowest BCUT2D eigenvalue weighted by molar-refractivity contribution is -0.139. The third kappa shape index (κ3) is 7.01. The molecule has 1 saturated carbocycles. The van der Waals surface area contributed by atoms with Gasteiger partial charge in [-0.15, -0.1) is 0 Å². The highest BCUT2D eigenvalue weighted by Gasteiger charge is 2.33. The van der Waals surface area contributed by atoms with Crippen LogP contribution in [0, 0.1) is 6.92 Å². The van der Waals surface area contributed by atoms with Gasteiger partial charge < -0.3 is 15.0 Å². The van der Waals surface area contributed by atoms with Crippen molar-refractivity contribution in [1.82, 2.24) is 10.2 Å².